The summed E-state index contributed by atoms with van der Waals surface area (Å²) in [5, 5.41) is 10.6. The Morgan fingerprint density at radius 3 is 2.68 bits per heavy atom. The van der Waals surface area contributed by atoms with E-state index in [9.17, 15) is 13.2 Å². The lowest BCUT2D eigenvalue weighted by atomic mass is 10.2. The highest BCUT2D eigenvalue weighted by Gasteiger charge is 2.24. The highest BCUT2D eigenvalue weighted by Crippen LogP contribution is 2.31. The number of nitrogens with one attached hydrogen (secondary N) is 1. The van der Waals surface area contributed by atoms with Gasteiger partial charge in [0, 0.05) is 0 Å². The molecule has 0 aliphatic carbocycles. The predicted octanol–water partition coefficient (Wildman–Crippen LogP) is 1.98. The monoisotopic (exact) mass is 402 g/mol. The molecule has 11 heteroatoms. The van der Waals surface area contributed by atoms with E-state index < -0.39 is 22.5 Å². The van der Waals surface area contributed by atoms with E-state index in [0.29, 0.717) is 20.9 Å². The maximum atomic E-state index is 12.3. The molecule has 0 atom stereocenters. The Morgan fingerprint density at radius 2 is 2.12 bits per heavy atom. The van der Waals surface area contributed by atoms with Gasteiger partial charge in [0.2, 0.25) is 21.1 Å². The zero-order valence-corrected chi connectivity index (χ0v) is 16.6. The molecule has 2 rings (SSSR count). The van der Waals surface area contributed by atoms with Gasteiger partial charge < -0.3 is 4.74 Å². The topological polar surface area (TPSA) is 101 Å². The van der Waals surface area contributed by atoms with E-state index >= 15 is 0 Å². The van der Waals surface area contributed by atoms with Crippen LogP contribution < -0.4 is 14.4 Å². The lowest BCUT2D eigenvalue weighted by Crippen LogP contribution is -2.37. The highest BCUT2D eigenvalue weighted by molar-refractivity contribution is 8.00. The quantitative estimate of drug-likeness (QED) is 0.558. The zero-order chi connectivity index (χ0) is 18.6. The van der Waals surface area contributed by atoms with Gasteiger partial charge in [-0.25, -0.2) is 8.42 Å². The first-order valence-electron chi connectivity index (χ1n) is 7.04. The van der Waals surface area contributed by atoms with Gasteiger partial charge in [0.1, 0.15) is 12.3 Å². The third-order valence-corrected chi connectivity index (χ3v) is 6.06. The maximum Gasteiger partial charge on any atom is 0.246 e. The SMILES string of the molecule is COc1ccc(C)cc1N(CC(=O)Nc1nnc(SC)s1)S(C)(=O)=O. The highest BCUT2D eigenvalue weighted by atomic mass is 32.2. The molecule has 0 saturated carbocycles. The molecule has 0 radical (unpaired) electrons. The minimum Gasteiger partial charge on any atom is -0.495 e. The molecule has 0 unspecified atom stereocenters. The van der Waals surface area contributed by atoms with Crippen molar-refractivity contribution in [2.75, 3.05) is 35.8 Å². The van der Waals surface area contributed by atoms with Crippen molar-refractivity contribution in [3.8, 4) is 5.75 Å². The Hall–Kier alpha value is -1.85. The molecule has 8 nitrogen and oxygen atoms in total. The standard InChI is InChI=1S/C14H18N4O4S3/c1-9-5-6-11(22-2)10(7-9)18(25(4,20)21)8-12(19)15-13-16-17-14(23-3)24-13/h5-7H,8H2,1-4H3,(H,15,16,19). The van der Waals surface area contributed by atoms with E-state index in [2.05, 4.69) is 15.5 Å². The second-order valence-corrected chi connectivity index (χ2v) is 9.01. The van der Waals surface area contributed by atoms with Crippen LogP contribution in [-0.2, 0) is 14.8 Å². The molecule has 1 aromatic heterocycles. The van der Waals surface area contributed by atoms with Crippen LogP contribution in [-0.4, -0.2) is 50.7 Å². The van der Waals surface area contributed by atoms with Crippen molar-refractivity contribution in [1.29, 1.82) is 0 Å². The van der Waals surface area contributed by atoms with Gasteiger partial charge >= 0.3 is 0 Å². The fourth-order valence-electron chi connectivity index (χ4n) is 2.01. The number of thioether (sulfide) groups is 1. The number of aryl methyl sites for hydroxylation is 1. The van der Waals surface area contributed by atoms with Crippen molar-refractivity contribution in [3.05, 3.63) is 23.8 Å². The van der Waals surface area contributed by atoms with E-state index in [1.165, 1.54) is 30.2 Å². The van der Waals surface area contributed by atoms with E-state index in [4.69, 9.17) is 4.74 Å². The Labute approximate surface area is 154 Å². The van der Waals surface area contributed by atoms with Crippen molar-refractivity contribution < 1.29 is 17.9 Å². The minimum absolute atomic E-state index is 0.308. The summed E-state index contributed by atoms with van der Waals surface area (Å²) in [6.07, 6.45) is 2.89. The lowest BCUT2D eigenvalue weighted by Gasteiger charge is -2.23. The molecule has 1 heterocycles. The number of sulfonamides is 1. The second-order valence-electron chi connectivity index (χ2n) is 5.07. The summed E-state index contributed by atoms with van der Waals surface area (Å²) in [4.78, 5) is 12.3. The van der Waals surface area contributed by atoms with Crippen LogP contribution in [0.1, 0.15) is 5.56 Å². The van der Waals surface area contributed by atoms with E-state index in [1.807, 2.05) is 13.2 Å². The van der Waals surface area contributed by atoms with Crippen LogP contribution in [0.2, 0.25) is 0 Å². The molecule has 1 aromatic carbocycles. The molecule has 1 N–H and O–H groups in total. The van der Waals surface area contributed by atoms with Gasteiger partial charge in [-0.1, -0.05) is 29.2 Å². The predicted molar refractivity (Wildman–Crippen MR) is 100 cm³/mol. The largest absolute Gasteiger partial charge is 0.495 e. The molecule has 0 aliphatic heterocycles. The molecule has 136 valence electrons. The van der Waals surface area contributed by atoms with Gasteiger partial charge in [-0.2, -0.15) is 0 Å². The normalized spacial score (nSPS) is 11.2. The van der Waals surface area contributed by atoms with Crippen molar-refractivity contribution in [1.82, 2.24) is 10.2 Å². The van der Waals surface area contributed by atoms with Crippen molar-refractivity contribution >= 4 is 49.8 Å². The summed E-state index contributed by atoms with van der Waals surface area (Å²) in [7, 11) is -2.25. The number of carbonyl (C=O) groups excluding carboxylic acids is 1. The summed E-state index contributed by atoms with van der Waals surface area (Å²) < 4.78 is 31.4. The molecular weight excluding hydrogens is 384 g/mol. The van der Waals surface area contributed by atoms with Crippen molar-refractivity contribution in [2.45, 2.75) is 11.3 Å². The number of anilines is 2. The summed E-state index contributed by atoms with van der Waals surface area (Å²) in [5.74, 6) is -0.151. The average Bonchev–Trinajstić information content (AvgIpc) is 2.99. The minimum atomic E-state index is -3.70. The van der Waals surface area contributed by atoms with Gasteiger partial charge in [0.05, 0.1) is 19.1 Å². The van der Waals surface area contributed by atoms with Crippen LogP contribution in [0.15, 0.2) is 22.5 Å². The number of aromatic nitrogens is 2. The van der Waals surface area contributed by atoms with Crippen LogP contribution >= 0.6 is 23.1 Å². The summed E-state index contributed by atoms with van der Waals surface area (Å²) in [5.41, 5.74) is 1.15. The van der Waals surface area contributed by atoms with Crippen LogP contribution in [0.25, 0.3) is 0 Å². The number of nitrogens with zero attached hydrogens (tertiary/aromatic N) is 3. The number of hydrogen-bond acceptors (Lipinski definition) is 8. The first-order chi connectivity index (χ1) is 11.7. The molecule has 0 aliphatic rings. The molecule has 1 amide bonds. The number of rotatable bonds is 7. The fraction of sp³-hybridized carbons (Fsp3) is 0.357. The third-order valence-electron chi connectivity index (χ3n) is 3.12. The third kappa shape index (κ3) is 5.06. The van der Waals surface area contributed by atoms with E-state index in [-0.39, 0.29) is 0 Å². The molecule has 0 saturated heterocycles. The Morgan fingerprint density at radius 1 is 1.40 bits per heavy atom. The zero-order valence-electron chi connectivity index (χ0n) is 14.1. The van der Waals surface area contributed by atoms with Crippen LogP contribution in [0.5, 0.6) is 5.75 Å². The molecular formula is C14H18N4O4S3. The number of ether oxygens (including phenoxy) is 1. The summed E-state index contributed by atoms with van der Waals surface area (Å²) in [6, 6.07) is 5.12. The van der Waals surface area contributed by atoms with Gasteiger partial charge in [-0.05, 0) is 30.9 Å². The first kappa shape index (κ1) is 19.5. The van der Waals surface area contributed by atoms with E-state index in [0.717, 1.165) is 16.1 Å². The molecule has 0 spiro atoms. The van der Waals surface area contributed by atoms with Gasteiger partial charge in [-0.15, -0.1) is 10.2 Å². The van der Waals surface area contributed by atoms with Crippen molar-refractivity contribution in [3.63, 3.8) is 0 Å². The Kier molecular flexibility index (Phi) is 6.25. The number of methoxy groups -OCH3 is 1. The smallest absolute Gasteiger partial charge is 0.246 e. The van der Waals surface area contributed by atoms with Crippen LogP contribution in [0, 0.1) is 6.92 Å². The Balaban J connectivity index is 2.27. The molecule has 0 bridgehead atoms. The van der Waals surface area contributed by atoms with Crippen LogP contribution in [0.4, 0.5) is 10.8 Å². The number of amides is 1. The summed E-state index contributed by atoms with van der Waals surface area (Å²) >= 11 is 2.63. The van der Waals surface area contributed by atoms with E-state index in [1.54, 1.807) is 18.2 Å². The van der Waals surface area contributed by atoms with Gasteiger partial charge in [-0.3, -0.25) is 14.4 Å². The number of hydrogen-bond donors (Lipinski definition) is 1. The second kappa shape index (κ2) is 8.02. The van der Waals surface area contributed by atoms with Crippen LogP contribution in [0.3, 0.4) is 0 Å². The molecule has 2 aromatic rings. The van der Waals surface area contributed by atoms with Crippen molar-refractivity contribution in [2.24, 2.45) is 0 Å². The Bertz CT molecular complexity index is 867. The van der Waals surface area contributed by atoms with Gasteiger partial charge in [0.15, 0.2) is 4.34 Å². The maximum absolute atomic E-state index is 12.3. The summed E-state index contributed by atoms with van der Waals surface area (Å²) in [6.45, 7) is 1.43. The lowest BCUT2D eigenvalue weighted by molar-refractivity contribution is -0.114. The van der Waals surface area contributed by atoms with Gasteiger partial charge in [0.25, 0.3) is 0 Å². The molecule has 25 heavy (non-hydrogen) atoms. The molecule has 0 fully saturated rings. The fourth-order valence-corrected chi connectivity index (χ4v) is 4.05. The first-order valence-corrected chi connectivity index (χ1v) is 10.9. The average molecular weight is 403 g/mol. The number of carbonyl (C=O) groups is 1. The number of benzene rings is 1.